The lowest BCUT2D eigenvalue weighted by Gasteiger charge is -2.48. The number of thiophene rings is 1. The molecule has 0 aliphatic carbocycles. The summed E-state index contributed by atoms with van der Waals surface area (Å²) in [6, 6.07) is 14.2. The molecule has 1 aromatic heterocycles. The summed E-state index contributed by atoms with van der Waals surface area (Å²) in [6.07, 6.45) is -1.79. The third-order valence-corrected chi connectivity index (χ3v) is 11.2. The Balaban J connectivity index is 1.79. The van der Waals surface area contributed by atoms with E-state index in [4.69, 9.17) is 18.9 Å². The molecular weight excluding hydrogens is 736 g/mol. The smallest absolute Gasteiger partial charge is 0.311 e. The van der Waals surface area contributed by atoms with Gasteiger partial charge in [0, 0.05) is 22.6 Å². The SMILES string of the molecule is Cc1ccc([C@H]2C[C@@H](OC(=O)C(C)(C)C)[C@H](OC(=O)C(C)(C)C)[C@@](C)(COC(=O)C(C)(C)C)O2)cc1Cc1sc(-c2ccc(F)cc2)cc1CC(C)(C)C(=O)O. The highest BCUT2D eigenvalue weighted by Crippen LogP contribution is 2.44. The zero-order valence-corrected chi connectivity index (χ0v) is 36.0. The minimum absolute atomic E-state index is 0.154. The number of carbonyl (C=O) groups is 4. The second kappa shape index (κ2) is 16.4. The van der Waals surface area contributed by atoms with Crippen molar-refractivity contribution >= 4 is 35.2 Å². The van der Waals surface area contributed by atoms with E-state index in [-0.39, 0.29) is 18.8 Å². The second-order valence-electron chi connectivity index (χ2n) is 19.0. The van der Waals surface area contributed by atoms with Gasteiger partial charge >= 0.3 is 23.9 Å². The van der Waals surface area contributed by atoms with Crippen LogP contribution in [0.3, 0.4) is 0 Å². The molecule has 0 amide bonds. The van der Waals surface area contributed by atoms with Crippen LogP contribution in [-0.2, 0) is 51.0 Å². The van der Waals surface area contributed by atoms with Crippen molar-refractivity contribution in [2.45, 2.75) is 133 Å². The highest BCUT2D eigenvalue weighted by molar-refractivity contribution is 7.15. The first kappa shape index (κ1) is 44.6. The molecule has 0 bridgehead atoms. The number of aliphatic carboxylic acids is 1. The number of rotatable bonds is 11. The predicted molar refractivity (Wildman–Crippen MR) is 215 cm³/mol. The fourth-order valence-corrected chi connectivity index (χ4v) is 7.37. The van der Waals surface area contributed by atoms with E-state index in [1.54, 1.807) is 107 Å². The molecule has 1 saturated heterocycles. The molecule has 306 valence electrons. The number of aryl methyl sites for hydroxylation is 1. The Bertz CT molecular complexity index is 1920. The molecule has 4 rings (SSSR count). The van der Waals surface area contributed by atoms with E-state index >= 15 is 0 Å². The van der Waals surface area contributed by atoms with Gasteiger partial charge in [-0.3, -0.25) is 19.2 Å². The number of esters is 3. The number of ether oxygens (including phenoxy) is 4. The van der Waals surface area contributed by atoms with Crippen molar-refractivity contribution in [2.24, 2.45) is 21.7 Å². The van der Waals surface area contributed by atoms with Gasteiger partial charge in [-0.05, 0) is 142 Å². The molecule has 4 atom stereocenters. The van der Waals surface area contributed by atoms with E-state index in [0.717, 1.165) is 37.6 Å². The normalized spacial score (nSPS) is 20.6. The Hall–Kier alpha value is -4.09. The van der Waals surface area contributed by atoms with Gasteiger partial charge in [-0.2, -0.15) is 0 Å². The van der Waals surface area contributed by atoms with Crippen molar-refractivity contribution in [3.63, 3.8) is 0 Å². The summed E-state index contributed by atoms with van der Waals surface area (Å²) in [4.78, 5) is 54.1. The highest BCUT2D eigenvalue weighted by atomic mass is 32.1. The number of hydrogen-bond acceptors (Lipinski definition) is 9. The number of carboxylic acids is 1. The van der Waals surface area contributed by atoms with Crippen LogP contribution in [0.5, 0.6) is 0 Å². The largest absolute Gasteiger partial charge is 0.481 e. The van der Waals surface area contributed by atoms with Crippen LogP contribution >= 0.6 is 11.3 Å². The van der Waals surface area contributed by atoms with Gasteiger partial charge in [-0.25, -0.2) is 4.39 Å². The standard InChI is InChI=1S/C45H59FO9S/c1-26-14-15-28(20-29(26)21-35-30(24-44(11,12)37(47)48)22-34(56-35)27-16-18-31(46)19-17-27)32-23-33(53-39(50)42(5,6)7)36(54-40(51)43(8,9)10)45(13,55-32)25-52-38(49)41(2,3)4/h14-20,22,32-33,36H,21,23-25H2,1-13H3,(H,47,48)/t32-,33-,36+,45-/m1/s1. The minimum atomic E-state index is -1.42. The van der Waals surface area contributed by atoms with Crippen LogP contribution in [-0.4, -0.2) is 53.4 Å². The van der Waals surface area contributed by atoms with Crippen molar-refractivity contribution in [3.05, 3.63) is 81.5 Å². The van der Waals surface area contributed by atoms with Crippen LogP contribution in [0.25, 0.3) is 10.4 Å². The molecule has 0 saturated carbocycles. The summed E-state index contributed by atoms with van der Waals surface area (Å²) in [5.41, 5.74) is -0.546. The van der Waals surface area contributed by atoms with Gasteiger partial charge in [0.05, 0.1) is 27.8 Å². The summed E-state index contributed by atoms with van der Waals surface area (Å²) in [5.74, 6) is -2.72. The van der Waals surface area contributed by atoms with Gasteiger partial charge in [0.15, 0.2) is 6.10 Å². The maximum atomic E-state index is 13.8. The molecule has 0 unspecified atom stereocenters. The number of hydrogen-bond donors (Lipinski definition) is 1. The molecule has 1 fully saturated rings. The van der Waals surface area contributed by atoms with Gasteiger partial charge in [0.25, 0.3) is 0 Å². The van der Waals surface area contributed by atoms with Gasteiger partial charge in [-0.15, -0.1) is 11.3 Å². The fraction of sp³-hybridized carbons (Fsp3) is 0.556. The van der Waals surface area contributed by atoms with Crippen LogP contribution in [0.4, 0.5) is 4.39 Å². The zero-order chi connectivity index (χ0) is 42.2. The van der Waals surface area contributed by atoms with Crippen molar-refractivity contribution in [2.75, 3.05) is 6.61 Å². The Labute approximate surface area is 335 Å². The molecule has 3 aromatic rings. The van der Waals surface area contributed by atoms with Crippen molar-refractivity contribution in [1.82, 2.24) is 0 Å². The minimum Gasteiger partial charge on any atom is -0.481 e. The lowest BCUT2D eigenvalue weighted by atomic mass is 9.84. The van der Waals surface area contributed by atoms with Crippen LogP contribution in [0.15, 0.2) is 48.5 Å². The molecule has 56 heavy (non-hydrogen) atoms. The van der Waals surface area contributed by atoms with E-state index in [0.29, 0.717) is 12.8 Å². The first-order chi connectivity index (χ1) is 25.6. The molecule has 0 spiro atoms. The van der Waals surface area contributed by atoms with E-state index < -0.39 is 69.5 Å². The molecule has 2 aromatic carbocycles. The second-order valence-corrected chi connectivity index (χ2v) is 20.2. The monoisotopic (exact) mass is 794 g/mol. The maximum absolute atomic E-state index is 13.8. The van der Waals surface area contributed by atoms with Crippen LogP contribution in [0.1, 0.15) is 123 Å². The zero-order valence-electron chi connectivity index (χ0n) is 35.2. The Kier molecular flexibility index (Phi) is 13.1. The van der Waals surface area contributed by atoms with E-state index in [2.05, 4.69) is 0 Å². The lowest BCUT2D eigenvalue weighted by molar-refractivity contribution is -0.258. The Morgan fingerprint density at radius 1 is 0.821 bits per heavy atom. The topological polar surface area (TPSA) is 125 Å². The van der Waals surface area contributed by atoms with Crippen LogP contribution in [0, 0.1) is 34.4 Å². The average molecular weight is 795 g/mol. The van der Waals surface area contributed by atoms with Crippen molar-refractivity contribution in [1.29, 1.82) is 0 Å². The van der Waals surface area contributed by atoms with Gasteiger partial charge in [0.2, 0.25) is 0 Å². The van der Waals surface area contributed by atoms with Crippen LogP contribution < -0.4 is 0 Å². The molecule has 1 aliphatic heterocycles. The number of halogens is 1. The van der Waals surface area contributed by atoms with Crippen molar-refractivity contribution < 1.29 is 47.6 Å². The van der Waals surface area contributed by atoms with E-state index in [1.165, 1.54) is 12.1 Å². The molecule has 2 heterocycles. The van der Waals surface area contributed by atoms with Gasteiger partial charge in [-0.1, -0.05) is 30.3 Å². The van der Waals surface area contributed by atoms with Gasteiger partial charge in [0.1, 0.15) is 24.1 Å². The van der Waals surface area contributed by atoms with Crippen LogP contribution in [0.2, 0.25) is 0 Å². The molecule has 9 nitrogen and oxygen atoms in total. The predicted octanol–water partition coefficient (Wildman–Crippen LogP) is 9.83. The molecule has 1 aliphatic rings. The quantitative estimate of drug-likeness (QED) is 0.149. The fourth-order valence-electron chi connectivity index (χ4n) is 6.16. The maximum Gasteiger partial charge on any atom is 0.311 e. The Morgan fingerprint density at radius 3 is 1.95 bits per heavy atom. The van der Waals surface area contributed by atoms with E-state index in [1.807, 2.05) is 31.2 Å². The average Bonchev–Trinajstić information content (AvgIpc) is 3.45. The number of carbonyl (C=O) groups excluding carboxylic acids is 3. The highest BCUT2D eigenvalue weighted by Gasteiger charge is 2.54. The Morgan fingerprint density at radius 2 is 1.39 bits per heavy atom. The summed E-state index contributed by atoms with van der Waals surface area (Å²) in [6.45, 7) is 22.5. The molecule has 11 heteroatoms. The third-order valence-electron chi connectivity index (χ3n) is 9.95. The summed E-state index contributed by atoms with van der Waals surface area (Å²) in [7, 11) is 0. The van der Waals surface area contributed by atoms with E-state index in [9.17, 15) is 28.7 Å². The summed E-state index contributed by atoms with van der Waals surface area (Å²) in [5, 5.41) is 10.0. The van der Waals surface area contributed by atoms with Gasteiger partial charge < -0.3 is 24.1 Å². The first-order valence-electron chi connectivity index (χ1n) is 19.1. The lowest BCUT2D eigenvalue weighted by Crippen LogP contribution is -2.60. The number of carboxylic acid groups (broad SMARTS) is 1. The number of benzene rings is 2. The van der Waals surface area contributed by atoms with Crippen molar-refractivity contribution in [3.8, 4) is 10.4 Å². The molecule has 1 N–H and O–H groups in total. The summed E-state index contributed by atoms with van der Waals surface area (Å²) < 4.78 is 38.8. The molecular formula is C45H59FO9S. The summed E-state index contributed by atoms with van der Waals surface area (Å²) >= 11 is 1.54. The molecule has 0 radical (unpaired) electrons. The first-order valence-corrected chi connectivity index (χ1v) is 19.9. The third kappa shape index (κ3) is 10.8.